The molecule has 18 heavy (non-hydrogen) atoms. The van der Waals surface area contributed by atoms with Crippen molar-refractivity contribution in [1.29, 1.82) is 0 Å². The van der Waals surface area contributed by atoms with Gasteiger partial charge in [0.1, 0.15) is 0 Å². The maximum Gasteiger partial charge on any atom is 0.394 e. The molecule has 1 aliphatic heterocycles. The molecule has 1 aliphatic carbocycles. The lowest BCUT2D eigenvalue weighted by Crippen LogP contribution is -2.45. The van der Waals surface area contributed by atoms with Gasteiger partial charge in [-0.15, -0.1) is 0 Å². The first-order valence-electron chi connectivity index (χ1n) is 5.88. The Labute approximate surface area is 106 Å². The number of aromatic amines is 1. The van der Waals surface area contributed by atoms with Crippen LogP contribution in [0.15, 0.2) is 6.20 Å². The van der Waals surface area contributed by atoms with E-state index in [0.717, 1.165) is 12.0 Å². The molecule has 3 rings (SSSR count). The second kappa shape index (κ2) is 5.35. The highest BCUT2D eigenvalue weighted by Gasteiger charge is 2.30. The molecule has 102 valence electrons. The van der Waals surface area contributed by atoms with Gasteiger partial charge in [-0.25, -0.2) is 0 Å². The second-order valence-corrected chi connectivity index (χ2v) is 5.59. The van der Waals surface area contributed by atoms with Crippen LogP contribution < -0.4 is 5.32 Å². The molecule has 2 aliphatic rings. The summed E-state index contributed by atoms with van der Waals surface area (Å²) in [6, 6.07) is 0.721. The summed E-state index contributed by atoms with van der Waals surface area (Å²) in [4.78, 5) is 0. The third-order valence-corrected chi connectivity index (χ3v) is 3.44. The largest absolute Gasteiger partial charge is 0.394 e. The Morgan fingerprint density at radius 2 is 2.06 bits per heavy atom. The van der Waals surface area contributed by atoms with Gasteiger partial charge in [-0.3, -0.25) is 14.2 Å². The number of nitrogens with zero attached hydrogens (tertiary/aromatic N) is 1. The Bertz CT molecular complexity index is 462. The molecule has 0 bridgehead atoms. The molecular formula is C10H17N3O4S. The van der Waals surface area contributed by atoms with E-state index >= 15 is 0 Å². The first kappa shape index (κ1) is 13.5. The summed E-state index contributed by atoms with van der Waals surface area (Å²) in [5, 5.41) is 10.8. The summed E-state index contributed by atoms with van der Waals surface area (Å²) in [5.41, 5.74) is 2.81. The summed E-state index contributed by atoms with van der Waals surface area (Å²) >= 11 is 0. The Morgan fingerprint density at radius 1 is 1.33 bits per heavy atom. The molecule has 0 radical (unpaired) electrons. The molecular weight excluding hydrogens is 258 g/mol. The Kier molecular flexibility index (Phi) is 4.00. The standard InChI is InChI=1S/C10H15N3.H2O4S/c1-2-7-4-10-8(6-12-13-10)5-9(7)11-3-1;1-5(2,3)4/h6-7,9,11H,1-5H2,(H,12,13);(H2,1,2,3,4). The maximum absolute atomic E-state index is 8.74. The molecule has 0 aromatic carbocycles. The highest BCUT2D eigenvalue weighted by atomic mass is 32.3. The zero-order valence-electron chi connectivity index (χ0n) is 9.83. The number of rotatable bonds is 0. The average Bonchev–Trinajstić information content (AvgIpc) is 2.70. The van der Waals surface area contributed by atoms with Crippen LogP contribution in [-0.2, 0) is 23.2 Å². The van der Waals surface area contributed by atoms with Crippen molar-refractivity contribution >= 4 is 10.4 Å². The molecule has 1 aromatic heterocycles. The van der Waals surface area contributed by atoms with E-state index in [9.17, 15) is 0 Å². The zero-order chi connectivity index (χ0) is 13.2. The topological polar surface area (TPSA) is 115 Å². The van der Waals surface area contributed by atoms with Gasteiger partial charge in [0.15, 0.2) is 0 Å². The van der Waals surface area contributed by atoms with Crippen molar-refractivity contribution in [2.75, 3.05) is 6.54 Å². The lowest BCUT2D eigenvalue weighted by molar-refractivity contribution is 0.262. The van der Waals surface area contributed by atoms with E-state index in [4.69, 9.17) is 17.5 Å². The number of hydrogen-bond acceptors (Lipinski definition) is 4. The van der Waals surface area contributed by atoms with Gasteiger partial charge >= 0.3 is 10.4 Å². The minimum absolute atomic E-state index is 0.721. The molecule has 1 fully saturated rings. The van der Waals surface area contributed by atoms with Crippen LogP contribution in [-0.4, -0.2) is 40.3 Å². The SMILES string of the molecule is O=S(=O)(O)O.c1n[nH]c2c1CC1NCCCC1C2. The van der Waals surface area contributed by atoms with E-state index < -0.39 is 10.4 Å². The van der Waals surface area contributed by atoms with Gasteiger partial charge in [0.25, 0.3) is 0 Å². The van der Waals surface area contributed by atoms with Crippen LogP contribution in [0, 0.1) is 5.92 Å². The van der Waals surface area contributed by atoms with Crippen molar-refractivity contribution in [2.24, 2.45) is 5.92 Å². The molecule has 0 spiro atoms. The predicted molar refractivity (Wildman–Crippen MR) is 64.7 cm³/mol. The van der Waals surface area contributed by atoms with Gasteiger partial charge in [0.2, 0.25) is 0 Å². The third kappa shape index (κ3) is 3.77. The normalized spacial score (nSPS) is 26.6. The van der Waals surface area contributed by atoms with Crippen molar-refractivity contribution in [3.05, 3.63) is 17.5 Å². The Balaban J connectivity index is 0.000000209. The summed E-state index contributed by atoms with van der Waals surface area (Å²) in [6.45, 7) is 1.20. The van der Waals surface area contributed by atoms with Crippen LogP contribution >= 0.6 is 0 Å². The number of H-pyrrole nitrogens is 1. The summed E-state index contributed by atoms with van der Waals surface area (Å²) in [7, 11) is -4.67. The Morgan fingerprint density at radius 3 is 2.78 bits per heavy atom. The summed E-state index contributed by atoms with van der Waals surface area (Å²) < 4.78 is 31.6. The highest BCUT2D eigenvalue weighted by Crippen LogP contribution is 2.29. The first-order chi connectivity index (χ1) is 8.43. The molecule has 4 N–H and O–H groups in total. The monoisotopic (exact) mass is 275 g/mol. The van der Waals surface area contributed by atoms with Crippen molar-refractivity contribution in [1.82, 2.24) is 15.5 Å². The molecule has 2 unspecified atom stereocenters. The number of piperidine rings is 1. The van der Waals surface area contributed by atoms with Crippen LogP contribution in [0.25, 0.3) is 0 Å². The zero-order valence-corrected chi connectivity index (χ0v) is 10.7. The smallest absolute Gasteiger partial charge is 0.313 e. The van der Waals surface area contributed by atoms with E-state index in [-0.39, 0.29) is 0 Å². The fraction of sp³-hybridized carbons (Fsp3) is 0.700. The van der Waals surface area contributed by atoms with Crippen molar-refractivity contribution in [3.8, 4) is 0 Å². The van der Waals surface area contributed by atoms with E-state index in [2.05, 4.69) is 15.5 Å². The van der Waals surface area contributed by atoms with Gasteiger partial charge in [-0.05, 0) is 43.7 Å². The van der Waals surface area contributed by atoms with E-state index in [1.807, 2.05) is 6.20 Å². The molecule has 2 atom stereocenters. The fourth-order valence-corrected chi connectivity index (χ4v) is 2.69. The molecule has 2 heterocycles. The number of aromatic nitrogens is 2. The van der Waals surface area contributed by atoms with Crippen molar-refractivity contribution in [3.63, 3.8) is 0 Å². The predicted octanol–water partition coefficient (Wildman–Crippen LogP) is 0.224. The molecule has 0 amide bonds. The fourth-order valence-electron chi connectivity index (χ4n) is 2.69. The highest BCUT2D eigenvalue weighted by molar-refractivity contribution is 7.79. The van der Waals surface area contributed by atoms with E-state index in [1.54, 1.807) is 0 Å². The van der Waals surface area contributed by atoms with E-state index in [1.165, 1.54) is 43.5 Å². The molecule has 1 aromatic rings. The minimum Gasteiger partial charge on any atom is -0.313 e. The van der Waals surface area contributed by atoms with Crippen LogP contribution in [0.2, 0.25) is 0 Å². The summed E-state index contributed by atoms with van der Waals surface area (Å²) in [5.74, 6) is 0.849. The number of nitrogens with one attached hydrogen (secondary N) is 2. The molecule has 0 saturated carbocycles. The van der Waals surface area contributed by atoms with Gasteiger partial charge in [-0.1, -0.05) is 0 Å². The van der Waals surface area contributed by atoms with E-state index in [0.29, 0.717) is 0 Å². The van der Waals surface area contributed by atoms with Crippen LogP contribution in [0.3, 0.4) is 0 Å². The lowest BCUT2D eigenvalue weighted by Gasteiger charge is -2.35. The van der Waals surface area contributed by atoms with Crippen molar-refractivity contribution in [2.45, 2.75) is 31.7 Å². The maximum atomic E-state index is 8.74. The first-order valence-corrected chi connectivity index (χ1v) is 7.27. The van der Waals surface area contributed by atoms with Gasteiger partial charge in [-0.2, -0.15) is 13.5 Å². The number of fused-ring (bicyclic) bond motifs is 2. The van der Waals surface area contributed by atoms with Gasteiger partial charge in [0.05, 0.1) is 6.20 Å². The second-order valence-electron chi connectivity index (χ2n) is 4.69. The van der Waals surface area contributed by atoms with Gasteiger partial charge in [0, 0.05) is 11.7 Å². The molecule has 7 nitrogen and oxygen atoms in total. The lowest BCUT2D eigenvalue weighted by atomic mass is 9.79. The van der Waals surface area contributed by atoms with Gasteiger partial charge < -0.3 is 5.32 Å². The third-order valence-electron chi connectivity index (χ3n) is 3.44. The van der Waals surface area contributed by atoms with Crippen LogP contribution in [0.4, 0.5) is 0 Å². The average molecular weight is 275 g/mol. The Hall–Kier alpha value is -0.960. The quantitative estimate of drug-likeness (QED) is 0.504. The van der Waals surface area contributed by atoms with Crippen molar-refractivity contribution < 1.29 is 17.5 Å². The minimum atomic E-state index is -4.67. The molecule has 8 heteroatoms. The number of hydrogen-bond donors (Lipinski definition) is 4. The van der Waals surface area contributed by atoms with Crippen LogP contribution in [0.5, 0.6) is 0 Å². The van der Waals surface area contributed by atoms with Crippen LogP contribution in [0.1, 0.15) is 24.1 Å². The molecule has 1 saturated heterocycles. The summed E-state index contributed by atoms with van der Waals surface area (Å²) in [6.07, 6.45) is 7.09.